The lowest BCUT2D eigenvalue weighted by Crippen LogP contribution is -2.12. The molecule has 0 amide bonds. The monoisotopic (exact) mass is 438 g/mol. The van der Waals surface area contributed by atoms with Crippen molar-refractivity contribution in [2.45, 2.75) is 17.7 Å². The van der Waals surface area contributed by atoms with Gasteiger partial charge in [-0.15, -0.1) is 11.3 Å². The molecule has 0 radical (unpaired) electrons. The number of nitrogens with one attached hydrogen (secondary N) is 1. The predicted octanol–water partition coefficient (Wildman–Crippen LogP) is 3.84. The summed E-state index contributed by atoms with van der Waals surface area (Å²) >= 11 is 7.90. The second-order valence-electron chi connectivity index (χ2n) is 4.13. The van der Waals surface area contributed by atoms with Gasteiger partial charge < -0.3 is 5.73 Å². The molecule has 0 saturated carbocycles. The maximum atomic E-state index is 12.3. The topological polar surface area (TPSA) is 72.2 Å². The molecule has 0 aliphatic heterocycles. The van der Waals surface area contributed by atoms with E-state index in [1.807, 2.05) is 19.1 Å². The summed E-state index contributed by atoms with van der Waals surface area (Å²) in [5.74, 6) is 0. The van der Waals surface area contributed by atoms with Crippen LogP contribution >= 0.6 is 43.2 Å². The molecular weight excluding hydrogens is 428 g/mol. The Balaban J connectivity index is 2.38. The molecule has 0 aliphatic rings. The van der Waals surface area contributed by atoms with E-state index in [0.717, 1.165) is 10.4 Å². The van der Waals surface area contributed by atoms with E-state index in [-0.39, 0.29) is 4.21 Å². The largest absolute Gasteiger partial charge is 0.326 e. The van der Waals surface area contributed by atoms with Crippen molar-refractivity contribution in [3.05, 3.63) is 43.7 Å². The Bertz CT molecular complexity index is 719. The number of halogens is 2. The van der Waals surface area contributed by atoms with Crippen LogP contribution in [0.2, 0.25) is 0 Å². The van der Waals surface area contributed by atoms with Crippen LogP contribution in [0, 0.1) is 6.92 Å². The molecule has 2 aromatic rings. The average Bonchev–Trinajstić information content (AvgIpc) is 2.83. The van der Waals surface area contributed by atoms with E-state index in [1.54, 1.807) is 12.1 Å². The van der Waals surface area contributed by atoms with Gasteiger partial charge in [0.1, 0.15) is 4.21 Å². The Labute approximate surface area is 138 Å². The number of sulfonamides is 1. The molecule has 1 aromatic carbocycles. The molecule has 0 aliphatic carbocycles. The maximum Gasteiger partial charge on any atom is 0.271 e. The Hall–Kier alpha value is -0.410. The van der Waals surface area contributed by atoms with Gasteiger partial charge in [-0.2, -0.15) is 0 Å². The fourth-order valence-electron chi connectivity index (χ4n) is 1.59. The first-order chi connectivity index (χ1) is 9.33. The van der Waals surface area contributed by atoms with Crippen molar-refractivity contribution in [1.29, 1.82) is 0 Å². The summed E-state index contributed by atoms with van der Waals surface area (Å²) in [6, 6.07) is 6.98. The van der Waals surface area contributed by atoms with E-state index in [0.29, 0.717) is 21.2 Å². The van der Waals surface area contributed by atoms with Gasteiger partial charge in [0.25, 0.3) is 10.0 Å². The fraction of sp³-hybridized carbons (Fsp3) is 0.167. The van der Waals surface area contributed by atoms with Crippen LogP contribution in [0.5, 0.6) is 0 Å². The van der Waals surface area contributed by atoms with Crippen molar-refractivity contribution in [2.75, 3.05) is 4.72 Å². The third-order valence-corrected chi connectivity index (χ3v) is 6.73. The molecule has 0 unspecified atom stereocenters. The summed E-state index contributed by atoms with van der Waals surface area (Å²) in [6.45, 7) is 2.26. The van der Waals surface area contributed by atoms with Gasteiger partial charge in [-0.1, -0.05) is 0 Å². The van der Waals surface area contributed by atoms with Gasteiger partial charge >= 0.3 is 0 Å². The predicted molar refractivity (Wildman–Crippen MR) is 89.6 cm³/mol. The first-order valence-electron chi connectivity index (χ1n) is 5.60. The van der Waals surface area contributed by atoms with Crippen LogP contribution in [0.4, 0.5) is 5.69 Å². The molecule has 1 heterocycles. The smallest absolute Gasteiger partial charge is 0.271 e. The Morgan fingerprint density at radius 1 is 1.25 bits per heavy atom. The highest BCUT2D eigenvalue weighted by Gasteiger charge is 2.19. The fourth-order valence-corrected chi connectivity index (χ4v) is 5.81. The van der Waals surface area contributed by atoms with E-state index >= 15 is 0 Å². The van der Waals surface area contributed by atoms with E-state index in [1.165, 1.54) is 11.3 Å². The minimum Gasteiger partial charge on any atom is -0.326 e. The number of hydrogen-bond acceptors (Lipinski definition) is 4. The van der Waals surface area contributed by atoms with Gasteiger partial charge in [0.05, 0.1) is 5.69 Å². The second-order valence-corrected chi connectivity index (χ2v) is 8.92. The number of hydrogen-bond donors (Lipinski definition) is 2. The summed E-state index contributed by atoms with van der Waals surface area (Å²) in [6.07, 6.45) is 0. The van der Waals surface area contributed by atoms with Crippen LogP contribution in [-0.2, 0) is 16.6 Å². The molecule has 0 spiro atoms. The van der Waals surface area contributed by atoms with Crippen molar-refractivity contribution in [3.63, 3.8) is 0 Å². The summed E-state index contributed by atoms with van der Waals surface area (Å²) < 4.78 is 28.9. The molecule has 0 atom stereocenters. The first kappa shape index (κ1) is 16.0. The van der Waals surface area contributed by atoms with Gasteiger partial charge in [-0.3, -0.25) is 4.72 Å². The highest BCUT2D eigenvalue weighted by atomic mass is 79.9. The third kappa shape index (κ3) is 3.43. The normalized spacial score (nSPS) is 11.6. The molecule has 108 valence electrons. The van der Waals surface area contributed by atoms with Crippen LogP contribution in [-0.4, -0.2) is 8.42 Å². The van der Waals surface area contributed by atoms with E-state index < -0.39 is 10.0 Å². The number of benzene rings is 1. The molecule has 0 bridgehead atoms. The lowest BCUT2D eigenvalue weighted by Gasteiger charge is -2.11. The third-order valence-electron chi connectivity index (χ3n) is 2.53. The molecule has 1 aromatic heterocycles. The summed E-state index contributed by atoms with van der Waals surface area (Å²) in [5, 5.41) is 0. The standard InChI is InChI=1S/C12H12Br2N2O2S2/c1-7-4-9(13)12(10(14)5-7)16-20(17,18)11-3-2-8(6-15)19-11/h2-5,16H,6,15H2,1H3. The Kier molecular flexibility index (Phi) is 4.91. The lowest BCUT2D eigenvalue weighted by molar-refractivity contribution is 0.603. The van der Waals surface area contributed by atoms with Gasteiger partial charge in [-0.05, 0) is 68.6 Å². The number of thiophene rings is 1. The Morgan fingerprint density at radius 2 is 1.85 bits per heavy atom. The van der Waals surface area contributed by atoms with Crippen molar-refractivity contribution < 1.29 is 8.42 Å². The SMILES string of the molecule is Cc1cc(Br)c(NS(=O)(=O)c2ccc(CN)s2)c(Br)c1. The highest BCUT2D eigenvalue weighted by Crippen LogP contribution is 2.34. The first-order valence-corrected chi connectivity index (χ1v) is 9.49. The summed E-state index contributed by atoms with van der Waals surface area (Å²) in [5.41, 5.74) is 7.01. The molecule has 0 fully saturated rings. The van der Waals surface area contributed by atoms with Gasteiger partial charge in [0, 0.05) is 20.4 Å². The zero-order valence-electron chi connectivity index (χ0n) is 10.5. The zero-order valence-corrected chi connectivity index (χ0v) is 15.3. The lowest BCUT2D eigenvalue weighted by atomic mass is 10.2. The molecular formula is C12H12Br2N2O2S2. The molecule has 3 N–H and O–H groups in total. The van der Waals surface area contributed by atoms with Gasteiger partial charge in [-0.25, -0.2) is 8.42 Å². The van der Waals surface area contributed by atoms with Crippen LogP contribution in [0.3, 0.4) is 0 Å². The molecule has 4 nitrogen and oxygen atoms in total. The van der Waals surface area contributed by atoms with Gasteiger partial charge in [0.2, 0.25) is 0 Å². The van der Waals surface area contributed by atoms with E-state index in [4.69, 9.17) is 5.73 Å². The molecule has 2 rings (SSSR count). The van der Waals surface area contributed by atoms with E-state index in [2.05, 4.69) is 36.6 Å². The second kappa shape index (κ2) is 6.15. The van der Waals surface area contributed by atoms with Gasteiger partial charge in [0.15, 0.2) is 0 Å². The minimum absolute atomic E-state index is 0.248. The average molecular weight is 440 g/mol. The minimum atomic E-state index is -3.61. The quantitative estimate of drug-likeness (QED) is 0.759. The van der Waals surface area contributed by atoms with Crippen molar-refractivity contribution in [2.24, 2.45) is 5.73 Å². The molecule has 20 heavy (non-hydrogen) atoms. The van der Waals surface area contributed by atoms with Crippen molar-refractivity contribution >= 4 is 58.9 Å². The maximum absolute atomic E-state index is 12.3. The summed E-state index contributed by atoms with van der Waals surface area (Å²) in [7, 11) is -3.61. The van der Waals surface area contributed by atoms with Crippen LogP contribution < -0.4 is 10.5 Å². The van der Waals surface area contributed by atoms with Crippen LogP contribution in [0.1, 0.15) is 10.4 Å². The van der Waals surface area contributed by atoms with E-state index in [9.17, 15) is 8.42 Å². The van der Waals surface area contributed by atoms with Crippen molar-refractivity contribution in [3.8, 4) is 0 Å². The van der Waals surface area contributed by atoms with Crippen molar-refractivity contribution in [1.82, 2.24) is 0 Å². The van der Waals surface area contributed by atoms with Crippen LogP contribution in [0.25, 0.3) is 0 Å². The zero-order chi connectivity index (χ0) is 14.9. The number of nitrogens with two attached hydrogens (primary N) is 1. The number of aryl methyl sites for hydroxylation is 1. The highest BCUT2D eigenvalue weighted by molar-refractivity contribution is 9.11. The Morgan fingerprint density at radius 3 is 2.35 bits per heavy atom. The number of rotatable bonds is 4. The molecule has 0 saturated heterocycles. The number of anilines is 1. The van der Waals surface area contributed by atoms with Crippen LogP contribution in [0.15, 0.2) is 37.4 Å². The summed E-state index contributed by atoms with van der Waals surface area (Å²) in [4.78, 5) is 0.826. The molecule has 8 heteroatoms.